The van der Waals surface area contributed by atoms with Crippen molar-refractivity contribution in [2.45, 2.75) is 50.9 Å². The maximum Gasteiger partial charge on any atom is 0.417 e. The molecule has 0 aliphatic carbocycles. The van der Waals surface area contributed by atoms with E-state index in [-0.39, 0.29) is 31.5 Å². The van der Waals surface area contributed by atoms with Gasteiger partial charge in [-0.05, 0) is 20.8 Å². The first-order valence-corrected chi connectivity index (χ1v) is 7.71. The van der Waals surface area contributed by atoms with Gasteiger partial charge < -0.3 is 15.0 Å². The Balaban J connectivity index is 1.97. The molecule has 9 heteroatoms. The summed E-state index contributed by atoms with van der Waals surface area (Å²) in [5.41, 5.74) is -1.88. The molecule has 1 N–H and O–H groups in total. The van der Waals surface area contributed by atoms with Gasteiger partial charge in [0.05, 0.1) is 17.4 Å². The number of aromatic nitrogens is 2. The van der Waals surface area contributed by atoms with Crippen LogP contribution in [0.1, 0.15) is 33.6 Å². The van der Waals surface area contributed by atoms with Crippen LogP contribution in [0.2, 0.25) is 0 Å². The zero-order valence-electron chi connectivity index (χ0n) is 14.3. The van der Waals surface area contributed by atoms with Gasteiger partial charge in [-0.2, -0.15) is 18.3 Å². The van der Waals surface area contributed by atoms with E-state index in [0.29, 0.717) is 5.69 Å². The minimum absolute atomic E-state index is 0.0212. The van der Waals surface area contributed by atoms with Crippen LogP contribution in [0.5, 0.6) is 0 Å². The van der Waals surface area contributed by atoms with Crippen molar-refractivity contribution in [1.82, 2.24) is 14.7 Å². The van der Waals surface area contributed by atoms with Crippen LogP contribution in [-0.4, -0.2) is 52.7 Å². The van der Waals surface area contributed by atoms with Crippen LogP contribution in [0.15, 0.2) is 12.4 Å². The second-order valence-electron chi connectivity index (χ2n) is 6.96. The third kappa shape index (κ3) is 3.66. The zero-order chi connectivity index (χ0) is 18.2. The van der Waals surface area contributed by atoms with E-state index in [1.165, 1.54) is 11.1 Å². The molecule has 1 saturated heterocycles. The maximum absolute atomic E-state index is 13.1. The second-order valence-corrected chi connectivity index (χ2v) is 6.96. The SMILES string of the molecule is COC1(C(F)(F)F)CCN(C(=O)Nc2cnn(C(C)(C)C)c2)CC1. The number of urea groups is 1. The number of nitrogens with zero attached hydrogens (tertiary/aromatic N) is 3. The highest BCUT2D eigenvalue weighted by atomic mass is 19.4. The Labute approximate surface area is 138 Å². The Kier molecular flexibility index (Phi) is 4.85. The van der Waals surface area contributed by atoms with E-state index in [4.69, 9.17) is 4.74 Å². The summed E-state index contributed by atoms with van der Waals surface area (Å²) in [4.78, 5) is 13.6. The minimum Gasteiger partial charge on any atom is -0.369 e. The molecule has 24 heavy (non-hydrogen) atoms. The molecule has 0 saturated carbocycles. The Morgan fingerprint density at radius 3 is 2.29 bits per heavy atom. The summed E-state index contributed by atoms with van der Waals surface area (Å²) in [6.07, 6.45) is -1.79. The molecule has 0 unspecified atom stereocenters. The molecule has 1 aliphatic rings. The number of carbonyl (C=O) groups is 1. The Morgan fingerprint density at radius 2 is 1.88 bits per heavy atom. The molecular weight excluding hydrogens is 325 g/mol. The fourth-order valence-corrected chi connectivity index (χ4v) is 2.63. The van der Waals surface area contributed by atoms with E-state index >= 15 is 0 Å². The van der Waals surface area contributed by atoms with Crippen molar-refractivity contribution in [3.8, 4) is 0 Å². The van der Waals surface area contributed by atoms with E-state index in [1.54, 1.807) is 10.9 Å². The van der Waals surface area contributed by atoms with Gasteiger partial charge in [0.15, 0.2) is 5.60 Å². The number of hydrogen-bond donors (Lipinski definition) is 1. The molecule has 0 bridgehead atoms. The second kappa shape index (κ2) is 6.27. The number of carbonyl (C=O) groups excluding carboxylic acids is 1. The first-order chi connectivity index (χ1) is 11.0. The first-order valence-electron chi connectivity index (χ1n) is 7.71. The van der Waals surface area contributed by atoms with Crippen molar-refractivity contribution >= 4 is 11.7 Å². The van der Waals surface area contributed by atoms with Gasteiger partial charge >= 0.3 is 12.2 Å². The van der Waals surface area contributed by atoms with E-state index in [0.717, 1.165) is 7.11 Å². The number of likely N-dealkylation sites (tertiary alicyclic amines) is 1. The molecule has 136 valence electrons. The molecule has 1 aliphatic heterocycles. The van der Waals surface area contributed by atoms with Crippen molar-refractivity contribution in [3.63, 3.8) is 0 Å². The normalized spacial score (nSPS) is 18.5. The zero-order valence-corrected chi connectivity index (χ0v) is 14.3. The summed E-state index contributed by atoms with van der Waals surface area (Å²) in [6, 6.07) is -0.435. The van der Waals surface area contributed by atoms with E-state index in [1.807, 2.05) is 20.8 Å². The topological polar surface area (TPSA) is 59.4 Å². The van der Waals surface area contributed by atoms with Crippen molar-refractivity contribution < 1.29 is 22.7 Å². The summed E-state index contributed by atoms with van der Waals surface area (Å²) < 4.78 is 45.8. The molecule has 2 heterocycles. The lowest BCUT2D eigenvalue weighted by Gasteiger charge is -2.41. The van der Waals surface area contributed by atoms with Crippen LogP contribution >= 0.6 is 0 Å². The maximum atomic E-state index is 13.1. The Morgan fingerprint density at radius 1 is 1.29 bits per heavy atom. The minimum atomic E-state index is -4.45. The number of piperidine rings is 1. The lowest BCUT2D eigenvalue weighted by atomic mass is 9.90. The summed E-state index contributed by atoms with van der Waals surface area (Å²) in [6.45, 7) is 5.87. The largest absolute Gasteiger partial charge is 0.417 e. The van der Waals surface area contributed by atoms with Crippen LogP contribution in [0.3, 0.4) is 0 Å². The number of nitrogens with one attached hydrogen (secondary N) is 1. The Hall–Kier alpha value is -1.77. The quantitative estimate of drug-likeness (QED) is 0.893. The monoisotopic (exact) mass is 348 g/mol. The van der Waals surface area contributed by atoms with Gasteiger partial charge in [0.1, 0.15) is 0 Å². The molecule has 0 radical (unpaired) electrons. The number of amides is 2. The fraction of sp³-hybridized carbons (Fsp3) is 0.733. The summed E-state index contributed by atoms with van der Waals surface area (Å²) >= 11 is 0. The van der Waals surface area contributed by atoms with Crippen molar-refractivity contribution in [2.75, 3.05) is 25.5 Å². The van der Waals surface area contributed by atoms with E-state index in [9.17, 15) is 18.0 Å². The van der Waals surface area contributed by atoms with Crippen LogP contribution in [0.4, 0.5) is 23.7 Å². The van der Waals surface area contributed by atoms with E-state index < -0.39 is 17.8 Å². The average molecular weight is 348 g/mol. The summed E-state index contributed by atoms with van der Waals surface area (Å²) in [7, 11) is 1.06. The summed E-state index contributed by atoms with van der Waals surface area (Å²) in [5, 5.41) is 6.84. The van der Waals surface area contributed by atoms with Gasteiger partial charge in [0, 0.05) is 39.2 Å². The van der Waals surface area contributed by atoms with Gasteiger partial charge in [-0.15, -0.1) is 0 Å². The molecule has 0 atom stereocenters. The van der Waals surface area contributed by atoms with Crippen LogP contribution in [0.25, 0.3) is 0 Å². The molecular formula is C15H23F3N4O2. The number of halogens is 3. The van der Waals surface area contributed by atoms with Gasteiger partial charge in [0.25, 0.3) is 0 Å². The highest BCUT2D eigenvalue weighted by molar-refractivity contribution is 5.89. The first kappa shape index (κ1) is 18.6. The fourth-order valence-electron chi connectivity index (χ4n) is 2.63. The number of alkyl halides is 3. The number of ether oxygens (including phenoxy) is 1. The van der Waals surface area contributed by atoms with Crippen LogP contribution in [0, 0.1) is 0 Å². The lowest BCUT2D eigenvalue weighted by Crippen LogP contribution is -2.56. The predicted octanol–water partition coefficient (Wildman–Crippen LogP) is 3.21. The lowest BCUT2D eigenvalue weighted by molar-refractivity contribution is -0.280. The highest BCUT2D eigenvalue weighted by Gasteiger charge is 2.56. The molecule has 1 aromatic heterocycles. The third-order valence-corrected chi connectivity index (χ3v) is 4.29. The molecule has 2 amide bonds. The molecule has 0 aromatic carbocycles. The van der Waals surface area contributed by atoms with E-state index in [2.05, 4.69) is 10.4 Å². The number of rotatable bonds is 2. The molecule has 1 fully saturated rings. The van der Waals surface area contributed by atoms with Crippen molar-refractivity contribution in [2.24, 2.45) is 0 Å². The van der Waals surface area contributed by atoms with Gasteiger partial charge in [-0.1, -0.05) is 0 Å². The molecule has 0 spiro atoms. The van der Waals surface area contributed by atoms with Gasteiger partial charge in [0.2, 0.25) is 0 Å². The highest BCUT2D eigenvalue weighted by Crippen LogP contribution is 2.41. The molecule has 2 rings (SSSR count). The smallest absolute Gasteiger partial charge is 0.369 e. The molecule has 1 aromatic rings. The van der Waals surface area contributed by atoms with Gasteiger partial charge in [-0.25, -0.2) is 4.79 Å². The van der Waals surface area contributed by atoms with Crippen molar-refractivity contribution in [3.05, 3.63) is 12.4 Å². The Bertz CT molecular complexity index is 584. The van der Waals surface area contributed by atoms with Crippen LogP contribution < -0.4 is 5.32 Å². The van der Waals surface area contributed by atoms with Crippen molar-refractivity contribution in [1.29, 1.82) is 0 Å². The average Bonchev–Trinajstić information content (AvgIpc) is 2.94. The number of hydrogen-bond acceptors (Lipinski definition) is 3. The summed E-state index contributed by atoms with van der Waals surface area (Å²) in [5.74, 6) is 0. The third-order valence-electron chi connectivity index (χ3n) is 4.29. The van der Waals surface area contributed by atoms with Gasteiger partial charge in [-0.3, -0.25) is 4.68 Å². The number of anilines is 1. The standard InChI is InChI=1S/C15H23F3N4O2/c1-13(2,3)22-10-11(9-19-22)20-12(23)21-7-5-14(24-4,6-8-21)15(16,17)18/h9-10H,5-8H2,1-4H3,(H,20,23). The molecule has 6 nitrogen and oxygen atoms in total. The predicted molar refractivity (Wildman–Crippen MR) is 82.8 cm³/mol. The number of methoxy groups -OCH3 is 1. The van der Waals surface area contributed by atoms with Crippen LogP contribution in [-0.2, 0) is 10.3 Å².